The summed E-state index contributed by atoms with van der Waals surface area (Å²) < 4.78 is 5.55. The molecule has 3 aromatic rings. The average Bonchev–Trinajstić information content (AvgIpc) is 3.39. The number of hydrogen-bond donors (Lipinski definition) is 1. The Balaban J connectivity index is 1.76. The first-order valence-corrected chi connectivity index (χ1v) is 9.73. The molecule has 4 heterocycles. The summed E-state index contributed by atoms with van der Waals surface area (Å²) in [6.07, 6.45) is 5.19. The standard InChI is InChI=1S/C22H21N5O2/c1-15-21(17-6-7-24-18-5-3-2-4-16(17)18)22(26-8-10-29-11-9-26)19(13-28)27(15)20-12-23-14-25-20/h2-7,12,14-15H,8-11H2,1H3,(H,23,25). The second-order valence-corrected chi connectivity index (χ2v) is 7.17. The lowest BCUT2D eigenvalue weighted by Crippen LogP contribution is -2.37. The second-order valence-electron chi connectivity index (χ2n) is 7.17. The maximum Gasteiger partial charge on any atom is 0.153 e. The van der Waals surface area contributed by atoms with Crippen molar-refractivity contribution in [2.24, 2.45) is 0 Å². The molecule has 1 fully saturated rings. The van der Waals surface area contributed by atoms with Gasteiger partial charge in [-0.3, -0.25) is 4.98 Å². The van der Waals surface area contributed by atoms with Crippen LogP contribution in [0.5, 0.6) is 0 Å². The van der Waals surface area contributed by atoms with Crippen LogP contribution in [0.4, 0.5) is 5.82 Å². The molecule has 2 aliphatic heterocycles. The van der Waals surface area contributed by atoms with Gasteiger partial charge in [-0.25, -0.2) is 9.78 Å². The highest BCUT2D eigenvalue weighted by molar-refractivity contribution is 5.98. The average molecular weight is 387 g/mol. The van der Waals surface area contributed by atoms with Crippen molar-refractivity contribution in [2.75, 3.05) is 31.2 Å². The van der Waals surface area contributed by atoms with Gasteiger partial charge in [0.1, 0.15) is 5.82 Å². The predicted octanol–water partition coefficient (Wildman–Crippen LogP) is 2.63. The number of fused-ring (bicyclic) bond motifs is 1. The summed E-state index contributed by atoms with van der Waals surface area (Å²) in [7, 11) is 0. The van der Waals surface area contributed by atoms with Crippen LogP contribution in [0.3, 0.4) is 0 Å². The van der Waals surface area contributed by atoms with Crippen molar-refractivity contribution in [1.29, 1.82) is 0 Å². The number of morpholine rings is 1. The number of imidazole rings is 1. The van der Waals surface area contributed by atoms with Gasteiger partial charge in [0.05, 0.1) is 43.0 Å². The van der Waals surface area contributed by atoms with Crippen molar-refractivity contribution >= 4 is 28.2 Å². The largest absolute Gasteiger partial charge is 0.378 e. The topological polar surface area (TPSA) is 74.4 Å². The molecule has 1 unspecified atom stereocenters. The maximum absolute atomic E-state index is 12.2. The van der Waals surface area contributed by atoms with Gasteiger partial charge in [-0.1, -0.05) is 18.2 Å². The van der Waals surface area contributed by atoms with Gasteiger partial charge in [0.2, 0.25) is 0 Å². The molecule has 0 saturated carbocycles. The molecule has 0 spiro atoms. The highest BCUT2D eigenvalue weighted by Crippen LogP contribution is 2.43. The van der Waals surface area contributed by atoms with Crippen LogP contribution in [0, 0.1) is 0 Å². The number of para-hydroxylation sites is 1. The van der Waals surface area contributed by atoms with Gasteiger partial charge in [-0.05, 0) is 24.6 Å². The van der Waals surface area contributed by atoms with Crippen molar-refractivity contribution in [3.63, 3.8) is 0 Å². The first-order valence-electron chi connectivity index (χ1n) is 9.73. The van der Waals surface area contributed by atoms with Crippen LogP contribution in [0.25, 0.3) is 16.5 Å². The summed E-state index contributed by atoms with van der Waals surface area (Å²) in [5.41, 5.74) is 4.56. The normalized spacial score (nSPS) is 19.9. The zero-order valence-electron chi connectivity index (χ0n) is 16.1. The monoisotopic (exact) mass is 387 g/mol. The molecule has 29 heavy (non-hydrogen) atoms. The van der Waals surface area contributed by atoms with Crippen LogP contribution in [-0.4, -0.2) is 58.1 Å². The van der Waals surface area contributed by atoms with Crippen LogP contribution in [0.15, 0.2) is 60.4 Å². The highest BCUT2D eigenvalue weighted by Gasteiger charge is 2.40. The summed E-state index contributed by atoms with van der Waals surface area (Å²) in [5, 5.41) is 1.07. The summed E-state index contributed by atoms with van der Waals surface area (Å²) in [6, 6.07) is 10.1. The zero-order valence-corrected chi connectivity index (χ0v) is 16.1. The Morgan fingerprint density at radius 3 is 2.79 bits per heavy atom. The Kier molecular flexibility index (Phi) is 4.39. The third-order valence-corrected chi connectivity index (χ3v) is 5.63. The van der Waals surface area contributed by atoms with E-state index in [1.54, 1.807) is 12.5 Å². The van der Waals surface area contributed by atoms with Crippen LogP contribution in [0.1, 0.15) is 12.5 Å². The summed E-state index contributed by atoms with van der Waals surface area (Å²) in [5.74, 6) is 2.99. The van der Waals surface area contributed by atoms with E-state index in [1.807, 2.05) is 35.4 Å². The maximum atomic E-state index is 12.2. The number of ether oxygens (including phenoxy) is 1. The van der Waals surface area contributed by atoms with Gasteiger partial charge in [-0.15, -0.1) is 0 Å². The van der Waals surface area contributed by atoms with Gasteiger partial charge in [0, 0.05) is 30.2 Å². The molecule has 1 atom stereocenters. The minimum atomic E-state index is -0.0736. The van der Waals surface area contributed by atoms with Crippen molar-refractivity contribution in [3.05, 3.63) is 66.0 Å². The van der Waals surface area contributed by atoms with Gasteiger partial charge < -0.3 is 19.5 Å². The number of nitrogens with zero attached hydrogens (tertiary/aromatic N) is 4. The van der Waals surface area contributed by atoms with E-state index >= 15 is 0 Å². The number of hydrogen-bond acceptors (Lipinski definition) is 6. The van der Waals surface area contributed by atoms with Crippen LogP contribution in [-0.2, 0) is 9.53 Å². The van der Waals surface area contributed by atoms with Crippen molar-refractivity contribution in [1.82, 2.24) is 19.9 Å². The summed E-state index contributed by atoms with van der Waals surface area (Å²) in [6.45, 7) is 4.85. The smallest absolute Gasteiger partial charge is 0.153 e. The molecule has 1 saturated heterocycles. The molecule has 0 radical (unpaired) electrons. The van der Waals surface area contributed by atoms with Crippen molar-refractivity contribution in [3.8, 4) is 0 Å². The lowest BCUT2D eigenvalue weighted by atomic mass is 9.95. The first kappa shape index (κ1) is 17.7. The Labute approximate surface area is 168 Å². The number of anilines is 1. The predicted molar refractivity (Wildman–Crippen MR) is 111 cm³/mol. The molecule has 1 aromatic carbocycles. The molecule has 2 aliphatic rings. The Morgan fingerprint density at radius 1 is 1.21 bits per heavy atom. The zero-order chi connectivity index (χ0) is 19.8. The van der Waals surface area contributed by atoms with E-state index in [0.29, 0.717) is 18.9 Å². The van der Waals surface area contributed by atoms with E-state index in [-0.39, 0.29) is 6.04 Å². The van der Waals surface area contributed by atoms with Crippen molar-refractivity contribution < 1.29 is 9.53 Å². The van der Waals surface area contributed by atoms with E-state index in [4.69, 9.17) is 4.74 Å². The number of benzene rings is 1. The molecule has 146 valence electrons. The number of H-pyrrole nitrogens is 1. The van der Waals surface area contributed by atoms with Crippen LogP contribution >= 0.6 is 0 Å². The molecule has 7 nitrogen and oxygen atoms in total. The van der Waals surface area contributed by atoms with Crippen LogP contribution < -0.4 is 4.90 Å². The Bertz CT molecular complexity index is 1120. The van der Waals surface area contributed by atoms with E-state index in [2.05, 4.69) is 38.8 Å². The number of nitrogens with one attached hydrogen (secondary N) is 1. The number of rotatable bonds is 3. The quantitative estimate of drug-likeness (QED) is 0.697. The summed E-state index contributed by atoms with van der Waals surface area (Å²) >= 11 is 0. The number of aromatic nitrogens is 3. The SMILES string of the molecule is CC1C(c2ccnc3ccccc23)=C(N2CCOCC2)C(=C=O)N1c1cnc[nH]1. The fourth-order valence-corrected chi connectivity index (χ4v) is 4.36. The van der Waals surface area contributed by atoms with Crippen molar-refractivity contribution in [2.45, 2.75) is 13.0 Å². The van der Waals surface area contributed by atoms with E-state index < -0.39 is 0 Å². The molecule has 2 aromatic heterocycles. The minimum absolute atomic E-state index is 0.0736. The molecule has 7 heteroatoms. The molecule has 0 amide bonds. The highest BCUT2D eigenvalue weighted by atomic mass is 16.5. The lowest BCUT2D eigenvalue weighted by molar-refractivity contribution is 0.0553. The van der Waals surface area contributed by atoms with E-state index in [0.717, 1.165) is 46.6 Å². The fourth-order valence-electron chi connectivity index (χ4n) is 4.36. The molecular weight excluding hydrogens is 366 g/mol. The third-order valence-electron chi connectivity index (χ3n) is 5.63. The molecule has 0 aliphatic carbocycles. The summed E-state index contributed by atoms with van der Waals surface area (Å²) in [4.78, 5) is 28.2. The molecular formula is C22H21N5O2. The van der Waals surface area contributed by atoms with E-state index in [9.17, 15) is 4.79 Å². The van der Waals surface area contributed by atoms with Gasteiger partial charge >= 0.3 is 0 Å². The number of carbonyl (C=O) groups excluding carboxylic acids is 1. The van der Waals surface area contributed by atoms with Gasteiger partial charge in [0.25, 0.3) is 0 Å². The van der Waals surface area contributed by atoms with Crippen LogP contribution in [0.2, 0.25) is 0 Å². The number of pyridine rings is 1. The third kappa shape index (κ3) is 2.83. The Hall–Kier alpha value is -3.41. The van der Waals surface area contributed by atoms with E-state index in [1.165, 1.54) is 0 Å². The molecule has 0 bridgehead atoms. The van der Waals surface area contributed by atoms with Gasteiger partial charge in [-0.2, -0.15) is 0 Å². The van der Waals surface area contributed by atoms with Gasteiger partial charge in [0.15, 0.2) is 11.6 Å². The minimum Gasteiger partial charge on any atom is -0.378 e. The molecule has 1 N–H and O–H groups in total. The lowest BCUT2D eigenvalue weighted by Gasteiger charge is -2.31. The number of aromatic amines is 1. The second kappa shape index (κ2) is 7.20. The Morgan fingerprint density at radius 2 is 2.03 bits per heavy atom. The fraction of sp³-hybridized carbons (Fsp3) is 0.273. The molecule has 5 rings (SSSR count). The first-order chi connectivity index (χ1) is 14.3.